The maximum atomic E-state index is 13.2. The molecule has 1 N–H and O–H groups in total. The zero-order valence-electron chi connectivity index (χ0n) is 15.4. The number of imide groups is 1. The number of rotatable bonds is 7. The number of likely N-dealkylation sites (N-methyl/N-ethyl adjacent to an activating group) is 1. The van der Waals surface area contributed by atoms with Crippen LogP contribution in [0.25, 0.3) is 5.57 Å². The van der Waals surface area contributed by atoms with E-state index in [0.29, 0.717) is 29.2 Å². The van der Waals surface area contributed by atoms with Crippen LogP contribution in [-0.4, -0.2) is 48.6 Å². The van der Waals surface area contributed by atoms with Gasteiger partial charge in [0.15, 0.2) is 0 Å². The van der Waals surface area contributed by atoms with Crippen molar-refractivity contribution in [2.75, 3.05) is 31.7 Å². The average Bonchev–Trinajstić information content (AvgIpc) is 2.94. The van der Waals surface area contributed by atoms with Gasteiger partial charge in [0.2, 0.25) is 0 Å². The molecule has 0 aliphatic carbocycles. The summed E-state index contributed by atoms with van der Waals surface area (Å²) < 4.78 is 5.42. The monoisotopic (exact) mass is 366 g/mol. The number of hydrogen-bond acceptors (Lipinski definition) is 5. The summed E-state index contributed by atoms with van der Waals surface area (Å²) in [4.78, 5) is 29.1. The second kappa shape index (κ2) is 8.05. The van der Waals surface area contributed by atoms with Gasteiger partial charge >= 0.3 is 0 Å². The number of amides is 2. The van der Waals surface area contributed by atoms with E-state index in [1.807, 2.05) is 25.1 Å². The van der Waals surface area contributed by atoms with Crippen molar-refractivity contribution in [2.45, 2.75) is 6.92 Å². The SMILES string of the molecule is CCOc1ccc(N2C(=O)C(c3ccccc3)=C(N(C)CCO)C2=O)cc1. The van der Waals surface area contributed by atoms with Crippen LogP contribution in [-0.2, 0) is 9.59 Å². The highest BCUT2D eigenvalue weighted by Crippen LogP contribution is 2.34. The van der Waals surface area contributed by atoms with Gasteiger partial charge in [0.25, 0.3) is 11.8 Å². The summed E-state index contributed by atoms with van der Waals surface area (Å²) in [5.41, 5.74) is 1.78. The third kappa shape index (κ3) is 3.57. The smallest absolute Gasteiger partial charge is 0.282 e. The Labute approximate surface area is 158 Å². The zero-order valence-corrected chi connectivity index (χ0v) is 15.4. The van der Waals surface area contributed by atoms with Gasteiger partial charge in [0.1, 0.15) is 11.4 Å². The number of aliphatic hydroxyl groups excluding tert-OH is 1. The largest absolute Gasteiger partial charge is 0.494 e. The molecule has 0 saturated heterocycles. The molecule has 6 nitrogen and oxygen atoms in total. The van der Waals surface area contributed by atoms with Crippen molar-refractivity contribution in [3.8, 4) is 5.75 Å². The lowest BCUT2D eigenvalue weighted by atomic mass is 10.0. The Hall–Kier alpha value is -3.12. The number of ether oxygens (including phenoxy) is 1. The Morgan fingerprint density at radius 2 is 1.67 bits per heavy atom. The molecule has 0 atom stereocenters. The summed E-state index contributed by atoms with van der Waals surface area (Å²) in [5, 5.41) is 9.28. The van der Waals surface area contributed by atoms with Crippen molar-refractivity contribution in [3.63, 3.8) is 0 Å². The molecule has 2 amide bonds. The van der Waals surface area contributed by atoms with Gasteiger partial charge in [0.05, 0.1) is 24.5 Å². The van der Waals surface area contributed by atoms with Crippen LogP contribution in [0, 0.1) is 0 Å². The molecule has 0 radical (unpaired) electrons. The van der Waals surface area contributed by atoms with Gasteiger partial charge in [0, 0.05) is 13.6 Å². The molecule has 140 valence electrons. The Bertz CT molecular complexity index is 860. The van der Waals surface area contributed by atoms with Crippen LogP contribution in [0.3, 0.4) is 0 Å². The average molecular weight is 366 g/mol. The molecule has 27 heavy (non-hydrogen) atoms. The molecule has 0 bridgehead atoms. The summed E-state index contributed by atoms with van der Waals surface area (Å²) in [7, 11) is 1.70. The molecule has 0 saturated carbocycles. The minimum absolute atomic E-state index is 0.118. The van der Waals surface area contributed by atoms with Gasteiger partial charge in [-0.2, -0.15) is 0 Å². The summed E-state index contributed by atoms with van der Waals surface area (Å²) >= 11 is 0. The van der Waals surface area contributed by atoms with E-state index in [2.05, 4.69) is 0 Å². The normalized spacial score (nSPS) is 14.1. The van der Waals surface area contributed by atoms with E-state index in [1.54, 1.807) is 48.3 Å². The first-order chi connectivity index (χ1) is 13.1. The van der Waals surface area contributed by atoms with Gasteiger partial charge < -0.3 is 14.7 Å². The highest BCUT2D eigenvalue weighted by Gasteiger charge is 2.41. The number of nitrogens with zero attached hydrogens (tertiary/aromatic N) is 2. The van der Waals surface area contributed by atoms with Gasteiger partial charge in [-0.25, -0.2) is 4.90 Å². The predicted octanol–water partition coefficient (Wildman–Crippen LogP) is 2.29. The number of carbonyl (C=O) groups excluding carboxylic acids is 2. The summed E-state index contributed by atoms with van der Waals surface area (Å²) in [6.07, 6.45) is 0. The van der Waals surface area contributed by atoms with Crippen LogP contribution in [0.15, 0.2) is 60.3 Å². The van der Waals surface area contributed by atoms with Crippen molar-refractivity contribution in [1.82, 2.24) is 4.90 Å². The van der Waals surface area contributed by atoms with E-state index in [4.69, 9.17) is 4.74 Å². The number of benzene rings is 2. The van der Waals surface area contributed by atoms with Crippen molar-refractivity contribution in [3.05, 3.63) is 65.9 Å². The van der Waals surface area contributed by atoms with Crippen LogP contribution in [0.4, 0.5) is 5.69 Å². The van der Waals surface area contributed by atoms with Gasteiger partial charge in [-0.1, -0.05) is 30.3 Å². The molecule has 0 fully saturated rings. The maximum absolute atomic E-state index is 13.2. The molecule has 0 unspecified atom stereocenters. The van der Waals surface area contributed by atoms with Crippen LogP contribution in [0.5, 0.6) is 5.75 Å². The fourth-order valence-electron chi connectivity index (χ4n) is 3.09. The Kier molecular flexibility index (Phi) is 5.57. The van der Waals surface area contributed by atoms with Crippen LogP contribution in [0.2, 0.25) is 0 Å². The maximum Gasteiger partial charge on any atom is 0.282 e. The lowest BCUT2D eigenvalue weighted by molar-refractivity contribution is -0.120. The summed E-state index contributed by atoms with van der Waals surface area (Å²) in [6, 6.07) is 16.0. The predicted molar refractivity (Wildman–Crippen MR) is 103 cm³/mol. The molecule has 1 heterocycles. The standard InChI is InChI=1S/C21H22N2O4/c1-3-27-17-11-9-16(10-12-17)23-20(25)18(15-7-5-4-6-8-15)19(21(23)26)22(2)13-14-24/h4-12,24H,3,13-14H2,1-2H3. The van der Waals surface area contributed by atoms with Crippen LogP contribution >= 0.6 is 0 Å². The first-order valence-corrected chi connectivity index (χ1v) is 8.81. The Morgan fingerprint density at radius 3 is 2.26 bits per heavy atom. The zero-order chi connectivity index (χ0) is 19.4. The number of anilines is 1. The van der Waals surface area contributed by atoms with E-state index in [1.165, 1.54) is 4.90 Å². The van der Waals surface area contributed by atoms with E-state index in [-0.39, 0.29) is 24.8 Å². The van der Waals surface area contributed by atoms with Crippen molar-refractivity contribution < 1.29 is 19.4 Å². The minimum atomic E-state index is -0.404. The molecule has 3 rings (SSSR count). The number of carbonyl (C=O) groups is 2. The molecule has 0 aromatic heterocycles. The molecule has 2 aromatic rings. The second-order valence-corrected chi connectivity index (χ2v) is 6.11. The fraction of sp³-hybridized carbons (Fsp3) is 0.238. The van der Waals surface area contributed by atoms with Crippen LogP contribution < -0.4 is 9.64 Å². The van der Waals surface area contributed by atoms with Gasteiger partial charge in [-0.15, -0.1) is 0 Å². The third-order valence-electron chi connectivity index (χ3n) is 4.34. The van der Waals surface area contributed by atoms with Gasteiger partial charge in [-0.3, -0.25) is 9.59 Å². The molecule has 1 aliphatic rings. The Morgan fingerprint density at radius 1 is 1.00 bits per heavy atom. The van der Waals surface area contributed by atoms with Crippen molar-refractivity contribution in [2.24, 2.45) is 0 Å². The van der Waals surface area contributed by atoms with E-state index in [9.17, 15) is 14.7 Å². The van der Waals surface area contributed by atoms with Gasteiger partial charge in [-0.05, 0) is 36.8 Å². The lowest BCUT2D eigenvalue weighted by Gasteiger charge is -2.20. The second-order valence-electron chi connectivity index (χ2n) is 6.11. The minimum Gasteiger partial charge on any atom is -0.494 e. The molecule has 1 aliphatic heterocycles. The van der Waals surface area contributed by atoms with E-state index >= 15 is 0 Å². The summed E-state index contributed by atoms with van der Waals surface area (Å²) in [5.74, 6) is -0.108. The molecular formula is C21H22N2O4. The van der Waals surface area contributed by atoms with E-state index in [0.717, 1.165) is 0 Å². The first-order valence-electron chi connectivity index (χ1n) is 8.81. The third-order valence-corrected chi connectivity index (χ3v) is 4.34. The molecule has 2 aromatic carbocycles. The highest BCUT2D eigenvalue weighted by molar-refractivity contribution is 6.45. The summed E-state index contributed by atoms with van der Waals surface area (Å²) in [6.45, 7) is 2.56. The van der Waals surface area contributed by atoms with Crippen molar-refractivity contribution >= 4 is 23.1 Å². The quantitative estimate of drug-likeness (QED) is 0.762. The highest BCUT2D eigenvalue weighted by atomic mass is 16.5. The number of hydrogen-bond donors (Lipinski definition) is 1. The first kappa shape index (κ1) is 18.7. The number of aliphatic hydroxyl groups is 1. The van der Waals surface area contributed by atoms with E-state index < -0.39 is 5.91 Å². The molecular weight excluding hydrogens is 344 g/mol. The fourth-order valence-corrected chi connectivity index (χ4v) is 3.09. The van der Waals surface area contributed by atoms with Crippen LogP contribution in [0.1, 0.15) is 12.5 Å². The topological polar surface area (TPSA) is 70.1 Å². The molecule has 6 heteroatoms. The lowest BCUT2D eigenvalue weighted by Crippen LogP contribution is -2.34. The van der Waals surface area contributed by atoms with Crippen molar-refractivity contribution in [1.29, 1.82) is 0 Å². The Balaban J connectivity index is 2.03. The molecule has 0 spiro atoms.